The number of nitrogens with one attached hydrogen (secondary N) is 1. The van der Waals surface area contributed by atoms with Crippen molar-refractivity contribution in [2.75, 3.05) is 116 Å². The maximum Gasteiger partial charge on any atom is 0.221 e. The first-order valence-electron chi connectivity index (χ1n) is 52.3. The molecule has 20 nitrogen and oxygen atoms in total. The van der Waals surface area contributed by atoms with Gasteiger partial charge in [0.05, 0.1) is 19.5 Å². The topological polar surface area (TPSA) is 189 Å². The van der Waals surface area contributed by atoms with E-state index in [-0.39, 0.29) is 5.91 Å². The van der Waals surface area contributed by atoms with Gasteiger partial charge >= 0.3 is 0 Å². The predicted octanol–water partition coefficient (Wildman–Crippen LogP) is 28.8. The average molecular weight is 1920 g/mol. The molecule has 778 valence electrons. The number of nitrogens with two attached hydrogens (primary N) is 1. The van der Waals surface area contributed by atoms with Gasteiger partial charge in [0, 0.05) is 206 Å². The van der Waals surface area contributed by atoms with Crippen molar-refractivity contribution in [1.29, 1.82) is 0 Å². The fourth-order valence-corrected chi connectivity index (χ4v) is 13.8. The summed E-state index contributed by atoms with van der Waals surface area (Å²) < 4.78 is 11.3. The fourth-order valence-electron chi connectivity index (χ4n) is 13.8. The molecule has 7 aromatic heterocycles. The number of pyridine rings is 3. The number of aromatic nitrogens is 10. The monoisotopic (exact) mass is 1920 g/mol. The van der Waals surface area contributed by atoms with E-state index in [2.05, 4.69) is 387 Å². The number of imidazole rings is 1. The van der Waals surface area contributed by atoms with Crippen molar-refractivity contribution in [3.8, 4) is 0 Å². The molecule has 0 spiro atoms. The highest BCUT2D eigenvalue weighted by molar-refractivity contribution is 5.88. The van der Waals surface area contributed by atoms with Gasteiger partial charge in [-0.15, -0.1) is 0 Å². The van der Waals surface area contributed by atoms with E-state index in [4.69, 9.17) is 10.5 Å². The second-order valence-electron chi connectivity index (χ2n) is 40.7. The number of nitrogen functional groups attached to an aromatic ring is 1. The molecule has 0 atom stereocenters. The predicted molar refractivity (Wildman–Crippen MR) is 605 cm³/mol. The summed E-state index contributed by atoms with van der Waals surface area (Å²) in [7, 11) is 6.31. The van der Waals surface area contributed by atoms with Crippen LogP contribution in [0, 0.1) is 0 Å². The van der Waals surface area contributed by atoms with Gasteiger partial charge in [0.25, 0.3) is 0 Å². The third-order valence-electron chi connectivity index (χ3n) is 23.7. The number of carbonyl (C=O) groups excluding carboxylic acids is 1. The van der Waals surface area contributed by atoms with Crippen molar-refractivity contribution >= 4 is 23.0 Å². The molecule has 4 aromatic carbocycles. The zero-order valence-corrected chi connectivity index (χ0v) is 94.0. The van der Waals surface area contributed by atoms with Gasteiger partial charge in [-0.2, -0.15) is 5.10 Å². The van der Waals surface area contributed by atoms with Gasteiger partial charge in [0.15, 0.2) is 0 Å². The SMILES string of the molecule is CC(=O)Nc1ccc(C(C)C)cc1.CC(C)N1CCCC1.CC(C)N1CCCCC1.CC(C)N1CCN(C)CC1.CC(C)N1CCOCC1.CC(C)c1ccc(N(C)C)cc1.CC(C)c1ccc(N)cc1.CC(C)c1ccccc1.CC(C)c1ccccn1.CC(C)c1cccnc1.CC(C)c1ccncc1.CC(C)c1cncnc1.CC(C)n1cccc1.CC(C)n1cccn1.CC(C)n1ccnc1. The number of hydrogen-bond acceptors (Lipinski definition) is 16. The number of ether oxygens (including phenoxy) is 1. The van der Waals surface area contributed by atoms with Crippen molar-refractivity contribution in [2.45, 2.75) is 336 Å². The molecule has 4 aliphatic rings. The number of piperidine rings is 1. The number of nitrogens with zero attached hydrogens (tertiary/aromatic N) is 16. The minimum atomic E-state index is -0.0303. The van der Waals surface area contributed by atoms with Crippen molar-refractivity contribution in [1.82, 2.24) is 73.3 Å². The highest BCUT2D eigenvalue weighted by Gasteiger charge is 2.17. The Balaban J connectivity index is 0.000000751. The van der Waals surface area contributed by atoms with Crippen molar-refractivity contribution in [2.24, 2.45) is 0 Å². The van der Waals surface area contributed by atoms with Gasteiger partial charge in [-0.25, -0.2) is 15.0 Å². The fraction of sp³-hybridized carbons (Fsp3) is 0.550. The molecule has 11 aromatic rings. The Hall–Kier alpha value is -10.1. The molecule has 11 heterocycles. The van der Waals surface area contributed by atoms with Gasteiger partial charge in [0.1, 0.15) is 6.33 Å². The number of likely N-dealkylation sites (N-methyl/N-ethyl adjacent to an activating group) is 1. The van der Waals surface area contributed by atoms with Crippen LogP contribution in [0.4, 0.5) is 17.1 Å². The smallest absolute Gasteiger partial charge is 0.221 e. The Morgan fingerprint density at radius 2 is 0.750 bits per heavy atom. The normalized spacial score (nSPS) is 13.6. The molecule has 0 saturated carbocycles. The van der Waals surface area contributed by atoms with E-state index in [0.717, 1.165) is 61.5 Å². The summed E-state index contributed by atoms with van der Waals surface area (Å²) in [6, 6.07) is 59.9. The average Bonchev–Trinajstić information content (AvgIpc) is 1.12. The Morgan fingerprint density at radius 1 is 0.336 bits per heavy atom. The number of rotatable bonds is 17. The number of hydrogen-bond donors (Lipinski definition) is 2. The molecule has 15 rings (SSSR count). The van der Waals surface area contributed by atoms with Crippen LogP contribution in [0.25, 0.3) is 0 Å². The van der Waals surface area contributed by atoms with Gasteiger partial charge < -0.3 is 44.5 Å². The molecule has 20 heteroatoms. The summed E-state index contributed by atoms with van der Waals surface area (Å²) in [6.45, 7) is 81.4. The molecule has 4 fully saturated rings. The molecule has 0 radical (unpaired) electrons. The van der Waals surface area contributed by atoms with E-state index < -0.39 is 0 Å². The largest absolute Gasteiger partial charge is 0.399 e. The molecule has 0 unspecified atom stereocenters. The van der Waals surface area contributed by atoms with E-state index in [1.54, 1.807) is 24.9 Å². The molecule has 4 saturated heterocycles. The van der Waals surface area contributed by atoms with Crippen molar-refractivity contribution in [3.05, 3.63) is 302 Å². The number of amides is 1. The summed E-state index contributed by atoms with van der Waals surface area (Å²) in [4.78, 5) is 49.1. The first-order valence-corrected chi connectivity index (χ1v) is 52.3. The van der Waals surface area contributed by atoms with Gasteiger partial charge in [-0.3, -0.25) is 34.2 Å². The molecule has 140 heavy (non-hydrogen) atoms. The molecule has 1 amide bonds. The van der Waals surface area contributed by atoms with Crippen LogP contribution in [0.15, 0.2) is 257 Å². The highest BCUT2D eigenvalue weighted by atomic mass is 16.5. The number of carbonyl (C=O) groups is 1. The number of morpholine rings is 1. The standard InChI is InChI=1S/C11H15NO.C11H17N.C9H13N.C9H12.C8H18N2.2C8H11N.C8H17N.C8H11N.C7H10N2.C7H15NO.C7H15N.C7H11N.2C6H10N2/c1-8(2)10-4-6-11(7-5-10)12-9(3)13;1-9(2)10-5-7-11(8-6-10)12(3)4;1-7(2)8-3-5-9(10)6-4-8;1-8(2)9-6-4-3-5-7-9;1-8(2)10-6-4-9(3)5-7-10;1-7(2)8-3-5-9-6-4-8;1-7(2)8-4-3-5-9-6-8;1-8(2)9-6-4-3-5-7-9;1-7(2)8-5-3-4-6-9-8;1-6(2)7-3-8-5-9-4-7;1-7(2)8-3-5-9-6-4-8;2*1-7(2)8-5-3-4-6-8;1-6(2)8-4-3-7-5-8;1-6(2)8-5-3-4-7-8/h4-8H,1-3H3,(H,12,13);5-9H,1-4H3;3-7H,10H2,1-2H3;3-8H,1-2H3;8H,4-7H2,1-3H3;2*3-7H,1-2H3;8H,3-7H2,1-2H3;3-7H,1-2H3;3-6H,1-2H3;7H,3-6H2,1-2H3;7H,3-6H2,1-2H3;3-7H,1-2H3;2*3-6H,1-2H3. The number of benzene rings is 4. The Kier molecular flexibility index (Phi) is 70.0. The van der Waals surface area contributed by atoms with Crippen LogP contribution < -0.4 is 16.0 Å². The van der Waals surface area contributed by atoms with E-state index in [0.29, 0.717) is 71.5 Å². The van der Waals surface area contributed by atoms with Gasteiger partial charge in [0.2, 0.25) is 5.91 Å². The lowest BCUT2D eigenvalue weighted by molar-refractivity contribution is -0.114. The molecule has 0 bridgehead atoms. The van der Waals surface area contributed by atoms with E-state index in [1.807, 2.05) is 158 Å². The maximum atomic E-state index is 10.7. The lowest BCUT2D eigenvalue weighted by atomic mass is 10.0. The van der Waals surface area contributed by atoms with E-state index in [1.165, 1.54) is 136 Å². The lowest BCUT2D eigenvalue weighted by Crippen LogP contribution is -2.47. The first-order chi connectivity index (χ1) is 66.4. The Labute approximate surface area is 854 Å². The number of likely N-dealkylation sites (tertiary alicyclic amines) is 2. The maximum absolute atomic E-state index is 10.7. The minimum Gasteiger partial charge on any atom is -0.399 e. The molecular weight excluding hydrogens is 1730 g/mol. The van der Waals surface area contributed by atoms with E-state index in [9.17, 15) is 4.79 Å². The zero-order valence-electron chi connectivity index (χ0n) is 94.0. The number of anilines is 3. The summed E-state index contributed by atoms with van der Waals surface area (Å²) in [6.07, 6.45) is 35.0. The van der Waals surface area contributed by atoms with Crippen LogP contribution in [0.2, 0.25) is 0 Å². The molecule has 4 aliphatic heterocycles. The Morgan fingerprint density at radius 3 is 1.06 bits per heavy atom. The van der Waals surface area contributed by atoms with Crippen LogP contribution in [0.5, 0.6) is 0 Å². The lowest BCUT2D eigenvalue weighted by Gasteiger charge is -2.34. The van der Waals surface area contributed by atoms with Crippen LogP contribution in [-0.4, -0.2) is 203 Å². The summed E-state index contributed by atoms with van der Waals surface area (Å²) in [5.74, 6) is 4.68. The third kappa shape index (κ3) is 62.3. The quantitative estimate of drug-likeness (QED) is 0.0818. The second-order valence-corrected chi connectivity index (χ2v) is 40.7. The molecule has 3 N–H and O–H groups in total. The first kappa shape index (κ1) is 128. The summed E-state index contributed by atoms with van der Waals surface area (Å²) in [5, 5.41) is 6.76. The number of piperazine rings is 1. The van der Waals surface area contributed by atoms with Crippen LogP contribution >= 0.6 is 0 Å². The van der Waals surface area contributed by atoms with Gasteiger partial charge in [-0.05, 0) is 327 Å². The summed E-state index contributed by atoms with van der Waals surface area (Å²) in [5.41, 5.74) is 18.9. The van der Waals surface area contributed by atoms with E-state index >= 15 is 0 Å². The summed E-state index contributed by atoms with van der Waals surface area (Å²) >= 11 is 0. The molecule has 0 aliphatic carbocycles. The van der Waals surface area contributed by atoms with Gasteiger partial charge in [-0.1, -0.05) is 196 Å². The van der Waals surface area contributed by atoms with Crippen molar-refractivity contribution < 1.29 is 9.53 Å². The van der Waals surface area contributed by atoms with Crippen LogP contribution in [-0.2, 0) is 9.53 Å². The minimum absolute atomic E-state index is 0.0303. The Bertz CT molecular complexity index is 4170. The van der Waals surface area contributed by atoms with Crippen LogP contribution in [0.1, 0.15) is 357 Å². The van der Waals surface area contributed by atoms with Crippen LogP contribution in [0.3, 0.4) is 0 Å². The highest BCUT2D eigenvalue weighted by Crippen LogP contribution is 2.22. The van der Waals surface area contributed by atoms with Crippen molar-refractivity contribution in [3.63, 3.8) is 0 Å². The third-order valence-corrected chi connectivity index (χ3v) is 23.7. The zero-order chi connectivity index (χ0) is 105. The molecular formula is C120H196N18O2. The second kappa shape index (κ2) is 76.6.